The number of nitrogens with one attached hydrogen (secondary N) is 2. The second-order valence-electron chi connectivity index (χ2n) is 5.38. The zero-order valence-corrected chi connectivity index (χ0v) is 12.6. The second kappa shape index (κ2) is 7.43. The third kappa shape index (κ3) is 6.68. The van der Waals surface area contributed by atoms with E-state index in [4.69, 9.17) is 0 Å². The Labute approximate surface area is 111 Å². The average Bonchev–Trinajstić information content (AvgIpc) is 2.27. The van der Waals surface area contributed by atoms with Crippen LogP contribution in [0.2, 0.25) is 0 Å². The van der Waals surface area contributed by atoms with Gasteiger partial charge in [-0.2, -0.15) is 0 Å². The zero-order chi connectivity index (χ0) is 13.6. The molecule has 0 atom stereocenters. The molecule has 1 aliphatic heterocycles. The molecule has 0 unspecified atom stereocenters. The number of hydrogen-bond donors (Lipinski definition) is 2. The van der Waals surface area contributed by atoms with Gasteiger partial charge >= 0.3 is 0 Å². The van der Waals surface area contributed by atoms with Crippen LogP contribution in [0.1, 0.15) is 33.1 Å². The van der Waals surface area contributed by atoms with Crippen molar-refractivity contribution in [2.75, 3.05) is 32.4 Å². The SMILES string of the molecule is CC(C)N1CCC(NCCCNS(C)(=O)=O)CC1. The molecular formula is C12H27N3O2S. The monoisotopic (exact) mass is 277 g/mol. The van der Waals surface area contributed by atoms with Crippen molar-refractivity contribution in [1.29, 1.82) is 0 Å². The van der Waals surface area contributed by atoms with Crippen LogP contribution in [0.5, 0.6) is 0 Å². The first-order valence-corrected chi connectivity index (χ1v) is 8.69. The van der Waals surface area contributed by atoms with E-state index in [9.17, 15) is 8.42 Å². The topological polar surface area (TPSA) is 61.4 Å². The van der Waals surface area contributed by atoms with E-state index in [1.807, 2.05) is 0 Å². The third-order valence-corrected chi connectivity index (χ3v) is 4.14. The molecule has 1 fully saturated rings. The molecule has 0 aromatic rings. The van der Waals surface area contributed by atoms with E-state index in [2.05, 4.69) is 28.8 Å². The maximum absolute atomic E-state index is 10.9. The van der Waals surface area contributed by atoms with Crippen molar-refractivity contribution in [1.82, 2.24) is 14.9 Å². The summed E-state index contributed by atoms with van der Waals surface area (Å²) < 4.78 is 24.2. The van der Waals surface area contributed by atoms with Gasteiger partial charge in [0.25, 0.3) is 0 Å². The van der Waals surface area contributed by atoms with Crippen molar-refractivity contribution >= 4 is 10.0 Å². The van der Waals surface area contributed by atoms with Gasteiger partial charge in [0, 0.05) is 18.6 Å². The smallest absolute Gasteiger partial charge is 0.208 e. The summed E-state index contributed by atoms with van der Waals surface area (Å²) in [6.45, 7) is 8.22. The van der Waals surface area contributed by atoms with Crippen LogP contribution in [-0.4, -0.2) is 57.8 Å². The molecule has 0 aromatic heterocycles. The first-order valence-electron chi connectivity index (χ1n) is 6.80. The lowest BCUT2D eigenvalue weighted by atomic mass is 10.0. The van der Waals surface area contributed by atoms with Crippen molar-refractivity contribution in [2.24, 2.45) is 0 Å². The highest BCUT2D eigenvalue weighted by Crippen LogP contribution is 2.12. The van der Waals surface area contributed by atoms with Gasteiger partial charge in [0.15, 0.2) is 0 Å². The third-order valence-electron chi connectivity index (χ3n) is 3.41. The first kappa shape index (κ1) is 15.9. The summed E-state index contributed by atoms with van der Waals surface area (Å²) in [6, 6.07) is 1.24. The number of rotatable bonds is 7. The quantitative estimate of drug-likeness (QED) is 0.661. The molecule has 18 heavy (non-hydrogen) atoms. The Hall–Kier alpha value is -0.170. The highest BCUT2D eigenvalue weighted by Gasteiger charge is 2.19. The fourth-order valence-corrected chi connectivity index (χ4v) is 2.79. The Morgan fingerprint density at radius 3 is 2.33 bits per heavy atom. The molecule has 1 rings (SSSR count). The molecule has 0 saturated carbocycles. The Balaban J connectivity index is 2.04. The van der Waals surface area contributed by atoms with E-state index < -0.39 is 10.0 Å². The van der Waals surface area contributed by atoms with Gasteiger partial charge in [-0.3, -0.25) is 0 Å². The molecule has 0 bridgehead atoms. The molecule has 1 aliphatic rings. The molecule has 1 saturated heterocycles. The van der Waals surface area contributed by atoms with Gasteiger partial charge in [0.1, 0.15) is 0 Å². The summed E-state index contributed by atoms with van der Waals surface area (Å²) in [4.78, 5) is 2.50. The van der Waals surface area contributed by atoms with Crippen LogP contribution in [0, 0.1) is 0 Å². The minimum absolute atomic E-state index is 0.524. The average molecular weight is 277 g/mol. The minimum atomic E-state index is -3.03. The van der Waals surface area contributed by atoms with Crippen LogP contribution >= 0.6 is 0 Å². The fourth-order valence-electron chi connectivity index (χ4n) is 2.27. The summed E-state index contributed by atoms with van der Waals surface area (Å²) in [5.41, 5.74) is 0. The molecule has 2 N–H and O–H groups in total. The molecular weight excluding hydrogens is 250 g/mol. The van der Waals surface area contributed by atoms with Gasteiger partial charge in [-0.05, 0) is 52.7 Å². The molecule has 108 valence electrons. The maximum atomic E-state index is 10.9. The Morgan fingerprint density at radius 2 is 1.83 bits per heavy atom. The molecule has 0 spiro atoms. The number of likely N-dealkylation sites (tertiary alicyclic amines) is 1. The Bertz CT molecular complexity index is 322. The van der Waals surface area contributed by atoms with E-state index in [1.165, 1.54) is 19.1 Å². The Morgan fingerprint density at radius 1 is 1.22 bits per heavy atom. The predicted molar refractivity (Wildman–Crippen MR) is 75.2 cm³/mol. The van der Waals surface area contributed by atoms with Crippen LogP contribution in [0.3, 0.4) is 0 Å². The Kier molecular flexibility index (Phi) is 6.55. The standard InChI is InChI=1S/C12H27N3O2S/c1-11(2)15-9-5-12(6-10-15)13-7-4-8-14-18(3,16)17/h11-14H,4-10H2,1-3H3. The predicted octanol–water partition coefficient (Wildman–Crippen LogP) is 0.388. The summed E-state index contributed by atoms with van der Waals surface area (Å²) in [5, 5.41) is 3.51. The number of piperidine rings is 1. The first-order chi connectivity index (χ1) is 8.38. The van der Waals surface area contributed by atoms with E-state index in [0.717, 1.165) is 26.1 Å². The summed E-state index contributed by atoms with van der Waals surface area (Å²) >= 11 is 0. The van der Waals surface area contributed by atoms with Crippen molar-refractivity contribution < 1.29 is 8.42 Å². The summed E-state index contributed by atoms with van der Waals surface area (Å²) in [7, 11) is -3.03. The van der Waals surface area contributed by atoms with Gasteiger partial charge in [0.2, 0.25) is 10.0 Å². The van der Waals surface area contributed by atoms with Gasteiger partial charge in [-0.25, -0.2) is 13.1 Å². The van der Waals surface area contributed by atoms with E-state index in [1.54, 1.807) is 0 Å². The lowest BCUT2D eigenvalue weighted by Crippen LogP contribution is -2.45. The van der Waals surface area contributed by atoms with Crippen LogP contribution in [0.4, 0.5) is 0 Å². The highest BCUT2D eigenvalue weighted by atomic mass is 32.2. The molecule has 6 heteroatoms. The maximum Gasteiger partial charge on any atom is 0.208 e. The minimum Gasteiger partial charge on any atom is -0.314 e. The molecule has 0 aromatic carbocycles. The number of hydrogen-bond acceptors (Lipinski definition) is 4. The lowest BCUT2D eigenvalue weighted by Gasteiger charge is -2.35. The largest absolute Gasteiger partial charge is 0.314 e. The molecule has 1 heterocycles. The van der Waals surface area contributed by atoms with Crippen molar-refractivity contribution in [3.05, 3.63) is 0 Å². The second-order valence-corrected chi connectivity index (χ2v) is 7.21. The van der Waals surface area contributed by atoms with E-state index in [-0.39, 0.29) is 0 Å². The summed E-state index contributed by atoms with van der Waals surface area (Å²) in [5.74, 6) is 0. The van der Waals surface area contributed by atoms with Gasteiger partial charge in [0.05, 0.1) is 6.26 Å². The van der Waals surface area contributed by atoms with Crippen LogP contribution in [0.15, 0.2) is 0 Å². The molecule has 0 radical (unpaired) electrons. The van der Waals surface area contributed by atoms with Crippen LogP contribution < -0.4 is 10.0 Å². The van der Waals surface area contributed by atoms with Crippen LogP contribution in [0.25, 0.3) is 0 Å². The fraction of sp³-hybridized carbons (Fsp3) is 1.00. The van der Waals surface area contributed by atoms with Gasteiger partial charge < -0.3 is 10.2 Å². The lowest BCUT2D eigenvalue weighted by molar-refractivity contribution is 0.161. The molecule has 0 aliphatic carbocycles. The van der Waals surface area contributed by atoms with Gasteiger partial charge in [-0.1, -0.05) is 0 Å². The van der Waals surface area contributed by atoms with Crippen molar-refractivity contribution in [3.8, 4) is 0 Å². The zero-order valence-electron chi connectivity index (χ0n) is 11.8. The highest BCUT2D eigenvalue weighted by molar-refractivity contribution is 7.88. The molecule has 0 amide bonds. The van der Waals surface area contributed by atoms with E-state index >= 15 is 0 Å². The number of sulfonamides is 1. The van der Waals surface area contributed by atoms with Crippen LogP contribution in [-0.2, 0) is 10.0 Å². The van der Waals surface area contributed by atoms with E-state index in [0.29, 0.717) is 18.6 Å². The molecule has 5 nitrogen and oxygen atoms in total. The summed E-state index contributed by atoms with van der Waals surface area (Å²) in [6.07, 6.45) is 4.43. The normalized spacial score (nSPS) is 19.6. The van der Waals surface area contributed by atoms with Gasteiger partial charge in [-0.15, -0.1) is 0 Å². The van der Waals surface area contributed by atoms with Crippen molar-refractivity contribution in [3.63, 3.8) is 0 Å². The van der Waals surface area contributed by atoms with Crippen molar-refractivity contribution in [2.45, 2.75) is 45.2 Å². The number of nitrogens with zero attached hydrogens (tertiary/aromatic N) is 1.